The van der Waals surface area contributed by atoms with E-state index in [1.807, 2.05) is 13.8 Å². The summed E-state index contributed by atoms with van der Waals surface area (Å²) >= 11 is 0. The molecule has 0 aromatic heterocycles. The topological polar surface area (TPSA) is 84.9 Å². The minimum Gasteiger partial charge on any atom is -0.350 e. The van der Waals surface area contributed by atoms with Gasteiger partial charge in [-0.15, -0.1) is 0 Å². The molecule has 1 spiro atoms. The van der Waals surface area contributed by atoms with Crippen LogP contribution in [0, 0.1) is 5.41 Å². The third-order valence-electron chi connectivity index (χ3n) is 4.29. The lowest BCUT2D eigenvalue weighted by molar-refractivity contribution is -0.299. The first kappa shape index (κ1) is 17.3. The molecule has 3 rings (SSSR count). The number of rotatable bonds is 3. The zero-order valence-corrected chi connectivity index (χ0v) is 14.9. The Balaban J connectivity index is 1.66. The van der Waals surface area contributed by atoms with Crippen molar-refractivity contribution in [1.82, 2.24) is 4.31 Å². The minimum absolute atomic E-state index is 0.199. The monoisotopic (exact) mass is 354 g/mol. The smallest absolute Gasteiger partial charge is 0.243 e. The van der Waals surface area contributed by atoms with Gasteiger partial charge in [0.05, 0.1) is 18.1 Å². The third-order valence-corrected chi connectivity index (χ3v) is 6.09. The van der Waals surface area contributed by atoms with Gasteiger partial charge in [-0.1, -0.05) is 0 Å². The van der Waals surface area contributed by atoms with Crippen molar-refractivity contribution in [1.29, 1.82) is 0 Å². The van der Waals surface area contributed by atoms with Crippen LogP contribution in [0.2, 0.25) is 0 Å². The zero-order valence-electron chi connectivity index (χ0n) is 14.0. The van der Waals surface area contributed by atoms with Gasteiger partial charge in [-0.2, -0.15) is 4.31 Å². The molecule has 2 aliphatic rings. The Hall–Kier alpha value is -1.48. The molecule has 2 fully saturated rings. The number of sulfonamides is 1. The Morgan fingerprint density at radius 2 is 1.67 bits per heavy atom. The Bertz CT molecular complexity index is 724. The Morgan fingerprint density at radius 1 is 1.12 bits per heavy atom. The van der Waals surface area contributed by atoms with Gasteiger partial charge in [0.2, 0.25) is 15.9 Å². The maximum Gasteiger partial charge on any atom is 0.243 e. The van der Waals surface area contributed by atoms with Gasteiger partial charge in [0, 0.05) is 31.1 Å². The number of carbonyl (C=O) groups is 1. The summed E-state index contributed by atoms with van der Waals surface area (Å²) in [5.41, 5.74) is 0.316. The highest BCUT2D eigenvalue weighted by Crippen LogP contribution is 2.40. The molecule has 0 saturated carbocycles. The van der Waals surface area contributed by atoms with Crippen LogP contribution < -0.4 is 5.32 Å². The van der Waals surface area contributed by atoms with Gasteiger partial charge in [-0.3, -0.25) is 4.79 Å². The molecule has 0 atom stereocenters. The van der Waals surface area contributed by atoms with Crippen LogP contribution in [0.1, 0.15) is 20.8 Å². The molecule has 8 heteroatoms. The molecule has 2 heterocycles. The first-order chi connectivity index (χ1) is 11.1. The van der Waals surface area contributed by atoms with Crippen LogP contribution >= 0.6 is 0 Å². The van der Waals surface area contributed by atoms with Crippen molar-refractivity contribution < 1.29 is 22.7 Å². The second kappa shape index (κ2) is 5.80. The van der Waals surface area contributed by atoms with E-state index in [1.54, 1.807) is 12.1 Å². The SMILES string of the molecule is CC(=O)Nc1ccc(S(=O)(=O)N2CC3(COC(C)(C)OC3)C2)cc1. The van der Waals surface area contributed by atoms with Gasteiger partial charge in [0.1, 0.15) is 0 Å². The lowest BCUT2D eigenvalue weighted by Gasteiger charge is -2.53. The van der Waals surface area contributed by atoms with Crippen molar-refractivity contribution >= 4 is 21.6 Å². The fourth-order valence-electron chi connectivity index (χ4n) is 2.85. The molecule has 0 unspecified atom stereocenters. The first-order valence-electron chi connectivity index (χ1n) is 7.78. The number of ether oxygens (including phenoxy) is 2. The second-order valence-corrected chi connectivity index (χ2v) is 8.89. The quantitative estimate of drug-likeness (QED) is 0.887. The van der Waals surface area contributed by atoms with Gasteiger partial charge in [-0.25, -0.2) is 8.42 Å². The van der Waals surface area contributed by atoms with Crippen LogP contribution in [0.5, 0.6) is 0 Å². The molecule has 0 bridgehead atoms. The second-order valence-electron chi connectivity index (χ2n) is 6.96. The van der Waals surface area contributed by atoms with E-state index in [2.05, 4.69) is 5.32 Å². The fourth-order valence-corrected chi connectivity index (χ4v) is 4.52. The average molecular weight is 354 g/mol. The van der Waals surface area contributed by atoms with Crippen molar-refractivity contribution in [2.45, 2.75) is 31.5 Å². The third kappa shape index (κ3) is 3.32. The maximum atomic E-state index is 12.7. The van der Waals surface area contributed by atoms with Gasteiger partial charge >= 0.3 is 0 Å². The summed E-state index contributed by atoms with van der Waals surface area (Å²) in [6, 6.07) is 6.17. The number of carbonyl (C=O) groups excluding carboxylic acids is 1. The van der Waals surface area contributed by atoms with E-state index in [-0.39, 0.29) is 16.2 Å². The molecule has 132 valence electrons. The van der Waals surface area contributed by atoms with E-state index >= 15 is 0 Å². The molecule has 2 saturated heterocycles. The van der Waals surface area contributed by atoms with Crippen LogP contribution in [0.15, 0.2) is 29.2 Å². The Labute approximate surface area is 142 Å². The van der Waals surface area contributed by atoms with Crippen LogP contribution in [-0.4, -0.2) is 50.7 Å². The zero-order chi connectivity index (χ0) is 17.6. The van der Waals surface area contributed by atoms with Crippen molar-refractivity contribution in [3.8, 4) is 0 Å². The van der Waals surface area contributed by atoms with Gasteiger partial charge < -0.3 is 14.8 Å². The summed E-state index contributed by atoms with van der Waals surface area (Å²) < 4.78 is 38.1. The number of amides is 1. The van der Waals surface area contributed by atoms with Crippen molar-refractivity contribution in [2.24, 2.45) is 5.41 Å². The number of benzene rings is 1. The van der Waals surface area contributed by atoms with E-state index in [1.165, 1.54) is 23.4 Å². The van der Waals surface area contributed by atoms with Gasteiger partial charge in [0.25, 0.3) is 0 Å². The molecule has 7 nitrogen and oxygen atoms in total. The molecule has 1 amide bonds. The summed E-state index contributed by atoms with van der Waals surface area (Å²) in [6.45, 7) is 6.87. The van der Waals surface area contributed by atoms with Crippen LogP contribution in [0.3, 0.4) is 0 Å². The number of hydrogen-bond acceptors (Lipinski definition) is 5. The Kier molecular flexibility index (Phi) is 4.19. The Morgan fingerprint density at radius 3 is 2.17 bits per heavy atom. The molecular formula is C16H22N2O5S. The maximum absolute atomic E-state index is 12.7. The van der Waals surface area contributed by atoms with Crippen molar-refractivity contribution in [2.75, 3.05) is 31.6 Å². The molecule has 1 N–H and O–H groups in total. The first-order valence-corrected chi connectivity index (χ1v) is 9.22. The van der Waals surface area contributed by atoms with Gasteiger partial charge in [-0.05, 0) is 38.1 Å². The van der Waals surface area contributed by atoms with Crippen molar-refractivity contribution in [3.05, 3.63) is 24.3 Å². The standard InChI is InChI=1S/C16H22N2O5S/c1-12(19)17-13-4-6-14(7-5-13)24(20,21)18-8-16(9-18)10-22-15(2,3)23-11-16/h4-7H,8-11H2,1-3H3,(H,17,19). The molecule has 24 heavy (non-hydrogen) atoms. The van der Waals surface area contributed by atoms with E-state index in [4.69, 9.17) is 9.47 Å². The number of hydrogen-bond donors (Lipinski definition) is 1. The fraction of sp³-hybridized carbons (Fsp3) is 0.562. The number of nitrogens with zero attached hydrogens (tertiary/aromatic N) is 1. The van der Waals surface area contributed by atoms with E-state index in [9.17, 15) is 13.2 Å². The lowest BCUT2D eigenvalue weighted by atomic mass is 9.82. The summed E-state index contributed by atoms with van der Waals surface area (Å²) in [4.78, 5) is 11.2. The summed E-state index contributed by atoms with van der Waals surface area (Å²) in [7, 11) is -3.54. The minimum atomic E-state index is -3.54. The van der Waals surface area contributed by atoms with E-state index in [0.717, 1.165) is 0 Å². The van der Waals surface area contributed by atoms with Crippen LogP contribution in [0.4, 0.5) is 5.69 Å². The molecule has 1 aromatic carbocycles. The van der Waals surface area contributed by atoms with E-state index < -0.39 is 15.8 Å². The highest BCUT2D eigenvalue weighted by Gasteiger charge is 2.52. The van der Waals surface area contributed by atoms with Gasteiger partial charge in [0.15, 0.2) is 5.79 Å². The van der Waals surface area contributed by atoms with Crippen molar-refractivity contribution in [3.63, 3.8) is 0 Å². The number of anilines is 1. The predicted octanol–water partition coefficient (Wildman–Crippen LogP) is 1.42. The summed E-state index contributed by atoms with van der Waals surface area (Å²) in [6.07, 6.45) is 0. The lowest BCUT2D eigenvalue weighted by Crippen LogP contribution is -2.65. The molecule has 0 radical (unpaired) electrons. The molecule has 0 aliphatic carbocycles. The average Bonchev–Trinajstić information content (AvgIpc) is 2.45. The highest BCUT2D eigenvalue weighted by molar-refractivity contribution is 7.89. The van der Waals surface area contributed by atoms with Crippen LogP contribution in [-0.2, 0) is 24.3 Å². The largest absolute Gasteiger partial charge is 0.350 e. The number of nitrogens with one attached hydrogen (secondary N) is 1. The molecule has 2 aliphatic heterocycles. The summed E-state index contributed by atoms with van der Waals surface area (Å²) in [5, 5.41) is 2.61. The predicted molar refractivity (Wildman–Crippen MR) is 87.9 cm³/mol. The summed E-state index contributed by atoms with van der Waals surface area (Å²) in [5.74, 6) is -0.806. The van der Waals surface area contributed by atoms with Crippen LogP contribution in [0.25, 0.3) is 0 Å². The van der Waals surface area contributed by atoms with E-state index in [0.29, 0.717) is 32.0 Å². The molecular weight excluding hydrogens is 332 g/mol. The molecule has 1 aromatic rings. The normalized spacial score (nSPS) is 22.8. The highest BCUT2D eigenvalue weighted by atomic mass is 32.2.